The molecule has 6 aromatic rings. The number of para-hydroxylation sites is 2. The van der Waals surface area contributed by atoms with Crippen LogP contribution in [0.15, 0.2) is 140 Å². The SMILES string of the molecule is CC(C)(O)c1ccccc1CC[C@H](OOP(=O)(Oc1ccccc1)Oc1ccccc1)c1cccc(C=Cc2ccc3ccc(Cl)cc3n2)c1. The molecule has 0 aliphatic rings. The molecule has 0 fully saturated rings. The number of aryl methyl sites for hydroxylation is 1. The van der Waals surface area contributed by atoms with Gasteiger partial charge in [0.1, 0.15) is 17.6 Å². The number of hydrogen-bond acceptors (Lipinski definition) is 7. The normalized spacial score (nSPS) is 12.6. The number of aliphatic hydroxyl groups is 1. The van der Waals surface area contributed by atoms with E-state index in [2.05, 4.69) is 0 Å². The fourth-order valence-corrected chi connectivity index (χ4v) is 6.74. The number of fused-ring (bicyclic) bond motifs is 1. The number of phosphoric ester groups is 1. The van der Waals surface area contributed by atoms with Gasteiger partial charge in [0, 0.05) is 10.4 Å². The third-order valence-electron chi connectivity index (χ3n) is 7.93. The fraction of sp³-hybridized carbons (Fsp3) is 0.146. The molecular weight excluding hydrogens is 669 g/mol. The Morgan fingerprint density at radius 3 is 2.14 bits per heavy atom. The van der Waals surface area contributed by atoms with Gasteiger partial charge in [0.05, 0.1) is 16.8 Å². The first-order valence-corrected chi connectivity index (χ1v) is 18.1. The van der Waals surface area contributed by atoms with Crippen molar-refractivity contribution in [1.82, 2.24) is 4.98 Å². The van der Waals surface area contributed by atoms with Crippen LogP contribution in [0.3, 0.4) is 0 Å². The minimum atomic E-state index is -4.35. The second-order valence-corrected chi connectivity index (χ2v) is 14.1. The van der Waals surface area contributed by atoms with Gasteiger partial charge in [-0.15, -0.1) is 4.67 Å². The minimum absolute atomic E-state index is 0.294. The topological polar surface area (TPSA) is 87.1 Å². The molecule has 0 amide bonds. The van der Waals surface area contributed by atoms with E-state index in [1.807, 2.05) is 103 Å². The highest BCUT2D eigenvalue weighted by Gasteiger charge is 2.35. The van der Waals surface area contributed by atoms with Crippen molar-refractivity contribution in [3.05, 3.63) is 172 Å². The zero-order chi connectivity index (χ0) is 35.0. The average molecular weight is 706 g/mol. The Balaban J connectivity index is 1.29. The third kappa shape index (κ3) is 9.48. The summed E-state index contributed by atoms with van der Waals surface area (Å²) in [7, 11) is -4.35. The van der Waals surface area contributed by atoms with Crippen molar-refractivity contribution in [3.8, 4) is 11.5 Å². The van der Waals surface area contributed by atoms with Crippen LogP contribution in [0.1, 0.15) is 54.3 Å². The molecule has 0 saturated carbocycles. The van der Waals surface area contributed by atoms with Crippen LogP contribution in [0.5, 0.6) is 11.5 Å². The summed E-state index contributed by atoms with van der Waals surface area (Å²) >= 11 is 6.20. The first-order valence-electron chi connectivity index (χ1n) is 16.2. The van der Waals surface area contributed by atoms with Crippen molar-refractivity contribution in [3.63, 3.8) is 0 Å². The maximum atomic E-state index is 14.1. The molecule has 0 aliphatic carbocycles. The Bertz CT molecular complexity index is 2070. The van der Waals surface area contributed by atoms with Gasteiger partial charge >= 0.3 is 7.82 Å². The van der Waals surface area contributed by atoms with E-state index in [0.717, 1.165) is 38.9 Å². The highest BCUT2D eigenvalue weighted by atomic mass is 35.5. The largest absolute Gasteiger partial charge is 0.615 e. The Morgan fingerprint density at radius 2 is 1.44 bits per heavy atom. The van der Waals surface area contributed by atoms with Gasteiger partial charge in [-0.25, -0.2) is 14.4 Å². The van der Waals surface area contributed by atoms with E-state index in [0.29, 0.717) is 29.4 Å². The summed E-state index contributed by atoms with van der Waals surface area (Å²) < 4.78 is 31.4. The molecule has 50 heavy (non-hydrogen) atoms. The van der Waals surface area contributed by atoms with Gasteiger partial charge in [-0.05, 0) is 104 Å². The number of rotatable bonds is 14. The molecule has 0 radical (unpaired) electrons. The number of benzene rings is 5. The van der Waals surface area contributed by atoms with Crippen molar-refractivity contribution in [2.45, 2.75) is 38.4 Å². The van der Waals surface area contributed by atoms with E-state index in [-0.39, 0.29) is 0 Å². The molecule has 0 aliphatic heterocycles. The molecule has 0 spiro atoms. The molecule has 9 heteroatoms. The molecular formula is C41H37ClNO6P. The zero-order valence-corrected chi connectivity index (χ0v) is 29.3. The van der Waals surface area contributed by atoms with Crippen LogP contribution in [0.4, 0.5) is 0 Å². The van der Waals surface area contributed by atoms with Crippen LogP contribution >= 0.6 is 19.4 Å². The van der Waals surface area contributed by atoms with Crippen molar-refractivity contribution in [1.29, 1.82) is 0 Å². The lowest BCUT2D eigenvalue weighted by Gasteiger charge is -2.24. The van der Waals surface area contributed by atoms with Gasteiger partial charge in [0.15, 0.2) is 0 Å². The van der Waals surface area contributed by atoms with Crippen LogP contribution < -0.4 is 9.05 Å². The predicted octanol–water partition coefficient (Wildman–Crippen LogP) is 11.2. The van der Waals surface area contributed by atoms with Crippen molar-refractivity contribution >= 4 is 42.5 Å². The number of aromatic nitrogens is 1. The number of halogens is 1. The summed E-state index contributed by atoms with van der Waals surface area (Å²) in [6.07, 6.45) is 4.14. The summed E-state index contributed by atoms with van der Waals surface area (Å²) in [6, 6.07) is 42.4. The number of hydrogen-bond donors (Lipinski definition) is 1. The number of nitrogens with zero attached hydrogens (tertiary/aromatic N) is 1. The summed E-state index contributed by atoms with van der Waals surface area (Å²) in [4.78, 5) is 10.8. The molecule has 1 heterocycles. The highest BCUT2D eigenvalue weighted by molar-refractivity contribution is 7.49. The Labute approximate surface area is 297 Å². The van der Waals surface area contributed by atoms with E-state index in [1.54, 1.807) is 62.4 Å². The second-order valence-electron chi connectivity index (χ2n) is 12.2. The third-order valence-corrected chi connectivity index (χ3v) is 9.30. The smallest absolute Gasteiger partial charge is 0.394 e. The molecule has 0 bridgehead atoms. The van der Waals surface area contributed by atoms with Crippen LogP contribution in [0, 0.1) is 0 Å². The Kier molecular flexibility index (Phi) is 11.1. The zero-order valence-electron chi connectivity index (χ0n) is 27.7. The molecule has 0 unspecified atom stereocenters. The molecule has 0 saturated heterocycles. The van der Waals surface area contributed by atoms with E-state index in [9.17, 15) is 9.67 Å². The molecule has 5 aromatic carbocycles. The predicted molar refractivity (Wildman–Crippen MR) is 199 cm³/mol. The minimum Gasteiger partial charge on any atom is -0.394 e. The first kappa shape index (κ1) is 35.1. The van der Waals surface area contributed by atoms with Crippen molar-refractivity contribution in [2.75, 3.05) is 0 Å². The quantitative estimate of drug-likeness (QED) is 0.0685. The van der Waals surface area contributed by atoms with Crippen LogP contribution in [0.25, 0.3) is 23.1 Å². The lowest BCUT2D eigenvalue weighted by Crippen LogP contribution is -2.18. The van der Waals surface area contributed by atoms with Crippen molar-refractivity contribution in [2.24, 2.45) is 0 Å². The van der Waals surface area contributed by atoms with Gasteiger partial charge < -0.3 is 14.2 Å². The van der Waals surface area contributed by atoms with Gasteiger partial charge in [0.25, 0.3) is 0 Å². The van der Waals surface area contributed by atoms with Crippen LogP contribution in [0.2, 0.25) is 5.02 Å². The Morgan fingerprint density at radius 1 is 0.780 bits per heavy atom. The summed E-state index contributed by atoms with van der Waals surface area (Å²) in [5.41, 5.74) is 3.98. The standard InChI is InChI=1S/C41H37ClNO6P/c1-41(2,44)38-19-10-9-13-31(38)23-27-40(46-49-50(45,47-36-15-5-3-6-16-36)48-37-17-7-4-8-18-37)33-14-11-12-30(28-33)20-25-35-26-22-32-21-24-34(42)29-39(32)43-35/h3-22,24-26,28-29,40,44H,23,27H2,1-2H3/t40-/m0/s1. The number of phosphoric acid groups is 1. The fourth-order valence-electron chi connectivity index (χ4n) is 5.51. The van der Waals surface area contributed by atoms with E-state index >= 15 is 0 Å². The average Bonchev–Trinajstić information content (AvgIpc) is 3.11. The summed E-state index contributed by atoms with van der Waals surface area (Å²) in [5, 5.41) is 12.5. The van der Waals surface area contributed by atoms with Crippen LogP contribution in [-0.2, 0) is 26.1 Å². The van der Waals surface area contributed by atoms with E-state index in [1.165, 1.54) is 0 Å². The highest BCUT2D eigenvalue weighted by Crippen LogP contribution is 2.51. The second kappa shape index (κ2) is 15.9. The molecule has 254 valence electrons. The Hall–Kier alpha value is -4.75. The maximum absolute atomic E-state index is 14.1. The van der Waals surface area contributed by atoms with E-state index < -0.39 is 19.5 Å². The summed E-state index contributed by atoms with van der Waals surface area (Å²) in [5.74, 6) is 0.588. The molecule has 1 aromatic heterocycles. The lowest BCUT2D eigenvalue weighted by atomic mass is 9.90. The summed E-state index contributed by atoms with van der Waals surface area (Å²) in [6.45, 7) is 3.52. The molecule has 7 nitrogen and oxygen atoms in total. The molecule has 1 N–H and O–H groups in total. The van der Waals surface area contributed by atoms with Crippen LogP contribution in [-0.4, -0.2) is 10.1 Å². The monoisotopic (exact) mass is 705 g/mol. The molecule has 6 rings (SSSR count). The van der Waals surface area contributed by atoms with Gasteiger partial charge in [-0.2, -0.15) is 0 Å². The lowest BCUT2D eigenvalue weighted by molar-refractivity contribution is -0.260. The van der Waals surface area contributed by atoms with Gasteiger partial charge in [0.2, 0.25) is 0 Å². The maximum Gasteiger partial charge on any atom is 0.615 e. The van der Waals surface area contributed by atoms with E-state index in [4.69, 9.17) is 35.2 Å². The van der Waals surface area contributed by atoms with Gasteiger partial charge in [-0.3, -0.25) is 0 Å². The van der Waals surface area contributed by atoms with Crippen molar-refractivity contribution < 1.29 is 28.3 Å². The first-order chi connectivity index (χ1) is 24.1. The number of pyridine rings is 1. The van der Waals surface area contributed by atoms with Gasteiger partial charge in [-0.1, -0.05) is 109 Å². The molecule has 1 atom stereocenters.